The summed E-state index contributed by atoms with van der Waals surface area (Å²) in [7, 11) is 1.63. The molecule has 1 aliphatic rings. The summed E-state index contributed by atoms with van der Waals surface area (Å²) in [6.45, 7) is 2.77. The maximum absolute atomic E-state index is 11.4. The molecule has 0 N–H and O–H groups in total. The molecule has 0 aliphatic carbocycles. The van der Waals surface area contributed by atoms with E-state index in [0.717, 1.165) is 18.0 Å². The number of carbonyl (C=O) groups is 1. The van der Waals surface area contributed by atoms with Crippen LogP contribution in [0.15, 0.2) is 24.3 Å². The minimum absolute atomic E-state index is 0.178. The molecule has 0 unspecified atom stereocenters. The van der Waals surface area contributed by atoms with E-state index in [2.05, 4.69) is 0 Å². The molecular weight excluding hydrogens is 178 g/mol. The maximum Gasteiger partial charge on any atom is 0.231 e. The van der Waals surface area contributed by atoms with Crippen LogP contribution in [-0.2, 0) is 4.79 Å². The summed E-state index contributed by atoms with van der Waals surface area (Å²) in [6, 6.07) is 7.54. The third-order valence-corrected chi connectivity index (χ3v) is 2.53. The van der Waals surface area contributed by atoms with Crippen molar-refractivity contribution < 1.29 is 9.53 Å². The Morgan fingerprint density at radius 3 is 2.43 bits per heavy atom. The van der Waals surface area contributed by atoms with Gasteiger partial charge in [0.15, 0.2) is 0 Å². The van der Waals surface area contributed by atoms with Crippen LogP contribution in [-0.4, -0.2) is 19.6 Å². The summed E-state index contributed by atoms with van der Waals surface area (Å²) >= 11 is 0. The first-order chi connectivity index (χ1) is 6.72. The second-order valence-corrected chi connectivity index (χ2v) is 3.55. The van der Waals surface area contributed by atoms with Gasteiger partial charge in [-0.1, -0.05) is 6.92 Å². The molecule has 1 aliphatic heterocycles. The summed E-state index contributed by atoms with van der Waals surface area (Å²) in [4.78, 5) is 13.2. The lowest BCUT2D eigenvalue weighted by atomic mass is 10.0. The Hall–Kier alpha value is -1.51. The minimum Gasteiger partial charge on any atom is -0.497 e. The standard InChI is InChI=1S/C11H13NO2/c1-8-7-12(11(8)13)9-3-5-10(14-2)6-4-9/h3-6,8H,7H2,1-2H3/t8-/m0/s1. The van der Waals surface area contributed by atoms with Gasteiger partial charge in [-0.15, -0.1) is 0 Å². The lowest BCUT2D eigenvalue weighted by Crippen LogP contribution is -2.51. The predicted molar refractivity (Wildman–Crippen MR) is 54.5 cm³/mol. The van der Waals surface area contributed by atoms with Crippen molar-refractivity contribution in [1.29, 1.82) is 0 Å². The first kappa shape index (κ1) is 9.06. The van der Waals surface area contributed by atoms with Gasteiger partial charge >= 0.3 is 0 Å². The lowest BCUT2D eigenvalue weighted by Gasteiger charge is -2.36. The molecule has 0 aromatic heterocycles. The van der Waals surface area contributed by atoms with E-state index >= 15 is 0 Å². The van der Waals surface area contributed by atoms with Crippen molar-refractivity contribution in [2.24, 2.45) is 5.92 Å². The minimum atomic E-state index is 0.178. The van der Waals surface area contributed by atoms with E-state index in [1.165, 1.54) is 0 Å². The van der Waals surface area contributed by atoms with Gasteiger partial charge in [0.1, 0.15) is 5.75 Å². The number of benzene rings is 1. The van der Waals surface area contributed by atoms with Crippen LogP contribution >= 0.6 is 0 Å². The Kier molecular flexibility index (Phi) is 2.15. The molecule has 1 heterocycles. The summed E-state index contributed by atoms with van der Waals surface area (Å²) in [5.41, 5.74) is 0.953. The molecule has 3 nitrogen and oxygen atoms in total. The predicted octanol–water partition coefficient (Wildman–Crippen LogP) is 1.68. The van der Waals surface area contributed by atoms with E-state index in [0.29, 0.717) is 0 Å². The molecule has 3 heteroatoms. The number of hydrogen-bond acceptors (Lipinski definition) is 2. The summed E-state index contributed by atoms with van der Waals surface area (Å²) in [5.74, 6) is 1.20. The third-order valence-electron chi connectivity index (χ3n) is 2.53. The number of β-lactam (4-membered cyclic amide) rings is 1. The van der Waals surface area contributed by atoms with Gasteiger partial charge in [0, 0.05) is 12.2 Å². The molecule has 2 rings (SSSR count). The van der Waals surface area contributed by atoms with E-state index in [9.17, 15) is 4.79 Å². The summed E-state index contributed by atoms with van der Waals surface area (Å²) < 4.78 is 5.05. The van der Waals surface area contributed by atoms with E-state index in [4.69, 9.17) is 4.74 Å². The average Bonchev–Trinajstić information content (AvgIpc) is 2.25. The van der Waals surface area contributed by atoms with Gasteiger partial charge in [0.25, 0.3) is 0 Å². The molecule has 1 amide bonds. The summed E-state index contributed by atoms with van der Waals surface area (Å²) in [6.07, 6.45) is 0. The van der Waals surface area contributed by atoms with E-state index in [-0.39, 0.29) is 11.8 Å². The normalized spacial score (nSPS) is 20.6. The van der Waals surface area contributed by atoms with Gasteiger partial charge in [-0.05, 0) is 24.3 Å². The van der Waals surface area contributed by atoms with Crippen molar-refractivity contribution in [3.63, 3.8) is 0 Å². The van der Waals surface area contributed by atoms with Crippen LogP contribution in [0.25, 0.3) is 0 Å². The molecule has 1 aromatic carbocycles. The first-order valence-electron chi connectivity index (χ1n) is 4.68. The monoisotopic (exact) mass is 191 g/mol. The fourth-order valence-electron chi connectivity index (χ4n) is 1.59. The third kappa shape index (κ3) is 1.35. The van der Waals surface area contributed by atoms with E-state index < -0.39 is 0 Å². The Balaban J connectivity index is 2.14. The van der Waals surface area contributed by atoms with Gasteiger partial charge in [-0.2, -0.15) is 0 Å². The highest BCUT2D eigenvalue weighted by molar-refractivity contribution is 6.01. The maximum atomic E-state index is 11.4. The zero-order chi connectivity index (χ0) is 10.1. The number of ether oxygens (including phenoxy) is 1. The molecule has 14 heavy (non-hydrogen) atoms. The molecule has 1 atom stereocenters. The van der Waals surface area contributed by atoms with Gasteiger partial charge in [0.2, 0.25) is 5.91 Å². The van der Waals surface area contributed by atoms with Crippen molar-refractivity contribution in [3.05, 3.63) is 24.3 Å². The number of anilines is 1. The fourth-order valence-corrected chi connectivity index (χ4v) is 1.59. The fraction of sp³-hybridized carbons (Fsp3) is 0.364. The lowest BCUT2D eigenvalue weighted by molar-refractivity contribution is -0.126. The van der Waals surface area contributed by atoms with Gasteiger partial charge < -0.3 is 9.64 Å². The number of nitrogens with zero attached hydrogens (tertiary/aromatic N) is 1. The van der Waals surface area contributed by atoms with Crippen LogP contribution in [0.4, 0.5) is 5.69 Å². The van der Waals surface area contributed by atoms with E-state index in [1.54, 1.807) is 12.0 Å². The number of hydrogen-bond donors (Lipinski definition) is 0. The van der Waals surface area contributed by atoms with Crippen molar-refractivity contribution in [3.8, 4) is 5.75 Å². The number of methoxy groups -OCH3 is 1. The van der Waals surface area contributed by atoms with Crippen LogP contribution in [0.1, 0.15) is 6.92 Å². The zero-order valence-corrected chi connectivity index (χ0v) is 8.36. The molecule has 0 radical (unpaired) electrons. The van der Waals surface area contributed by atoms with Crippen molar-refractivity contribution in [1.82, 2.24) is 0 Å². The van der Waals surface area contributed by atoms with Crippen LogP contribution in [0.3, 0.4) is 0 Å². The van der Waals surface area contributed by atoms with E-state index in [1.807, 2.05) is 31.2 Å². The number of rotatable bonds is 2. The second kappa shape index (κ2) is 3.33. The molecular formula is C11H13NO2. The van der Waals surface area contributed by atoms with Gasteiger partial charge in [0.05, 0.1) is 13.0 Å². The Morgan fingerprint density at radius 1 is 1.36 bits per heavy atom. The molecule has 1 aromatic rings. The second-order valence-electron chi connectivity index (χ2n) is 3.55. The van der Waals surface area contributed by atoms with Crippen molar-refractivity contribution in [2.45, 2.75) is 6.92 Å². The highest BCUT2D eigenvalue weighted by Gasteiger charge is 2.33. The highest BCUT2D eigenvalue weighted by Crippen LogP contribution is 2.27. The quantitative estimate of drug-likeness (QED) is 0.665. The molecule has 1 fully saturated rings. The summed E-state index contributed by atoms with van der Waals surface area (Å²) in [5, 5.41) is 0. The number of carbonyl (C=O) groups excluding carboxylic acids is 1. The highest BCUT2D eigenvalue weighted by atomic mass is 16.5. The SMILES string of the molecule is COc1ccc(N2C[C@H](C)C2=O)cc1. The Morgan fingerprint density at radius 2 is 2.00 bits per heavy atom. The number of amides is 1. The van der Waals surface area contributed by atoms with Crippen LogP contribution in [0.2, 0.25) is 0 Å². The van der Waals surface area contributed by atoms with Crippen molar-refractivity contribution >= 4 is 11.6 Å². The Bertz CT molecular complexity index is 345. The van der Waals surface area contributed by atoms with Crippen LogP contribution in [0.5, 0.6) is 5.75 Å². The van der Waals surface area contributed by atoms with Crippen LogP contribution in [0, 0.1) is 5.92 Å². The molecule has 74 valence electrons. The zero-order valence-electron chi connectivity index (χ0n) is 8.36. The molecule has 1 saturated heterocycles. The smallest absolute Gasteiger partial charge is 0.231 e. The topological polar surface area (TPSA) is 29.5 Å². The first-order valence-corrected chi connectivity index (χ1v) is 4.68. The van der Waals surface area contributed by atoms with Crippen molar-refractivity contribution in [2.75, 3.05) is 18.6 Å². The van der Waals surface area contributed by atoms with Gasteiger partial charge in [-0.25, -0.2) is 0 Å². The molecule has 0 spiro atoms. The largest absolute Gasteiger partial charge is 0.497 e. The molecule has 0 bridgehead atoms. The van der Waals surface area contributed by atoms with Crippen LogP contribution < -0.4 is 9.64 Å². The average molecular weight is 191 g/mol. The molecule has 0 saturated carbocycles. The Labute approximate surface area is 83.3 Å². The van der Waals surface area contributed by atoms with Gasteiger partial charge in [-0.3, -0.25) is 4.79 Å².